The minimum atomic E-state index is -0.553. The number of Topliss-reactive ketones (excluding diaryl/α,β-unsaturated/α-hetero) is 1. The van der Waals surface area contributed by atoms with Crippen LogP contribution in [0.4, 0.5) is 4.39 Å². The molecule has 2 aromatic rings. The third-order valence-electron chi connectivity index (χ3n) is 8.39. The predicted molar refractivity (Wildman–Crippen MR) is 161 cm³/mol. The van der Waals surface area contributed by atoms with Gasteiger partial charge in [-0.15, -0.1) is 11.3 Å². The first-order valence-electron chi connectivity index (χ1n) is 15.9. The molecule has 1 aliphatic carbocycles. The number of benzene rings is 1. The zero-order valence-corrected chi connectivity index (χ0v) is 25.3. The molecule has 0 bridgehead atoms. The van der Waals surface area contributed by atoms with Gasteiger partial charge >= 0.3 is 5.97 Å². The van der Waals surface area contributed by atoms with Crippen molar-refractivity contribution >= 4 is 23.1 Å². The van der Waals surface area contributed by atoms with Crippen LogP contribution in [-0.4, -0.2) is 23.2 Å². The lowest BCUT2D eigenvalue weighted by atomic mass is 9.95. The van der Waals surface area contributed by atoms with E-state index in [9.17, 15) is 14.0 Å². The maximum atomic E-state index is 14.7. The highest BCUT2D eigenvalue weighted by atomic mass is 32.1. The van der Waals surface area contributed by atoms with Gasteiger partial charge in [0.05, 0.1) is 6.04 Å². The fourth-order valence-corrected chi connectivity index (χ4v) is 6.89. The van der Waals surface area contributed by atoms with E-state index < -0.39 is 6.04 Å². The molecular weight excluding hydrogens is 521 g/mol. The Morgan fingerprint density at radius 3 is 2.20 bits per heavy atom. The molecule has 1 saturated carbocycles. The van der Waals surface area contributed by atoms with Crippen LogP contribution in [0.15, 0.2) is 30.3 Å². The molecule has 0 radical (unpaired) electrons. The first kappa shape index (κ1) is 30.9. The number of hydrogen-bond acceptors (Lipinski definition) is 5. The number of ketones is 1. The number of thiophene rings is 1. The number of hydrogen-bond donors (Lipinski definition) is 0. The SMILES string of the molecule is CCCCCCCCCCCCCCCC(=O)Oc1cc2c(s1)CCN(C(C(=O)C1CC1)c1ccccc1F)C2. The largest absolute Gasteiger partial charge is 0.415 e. The molecule has 2 heterocycles. The standard InChI is InChI=1S/C34H48FNO3S/c1-2-3-4-5-6-7-8-9-10-11-12-13-14-19-31(37)39-32-24-27-25-36(23-22-30(27)40-32)33(34(38)26-20-21-26)28-17-15-16-18-29(28)35/h15-18,24,26,33H,2-14,19-23,25H2,1H3. The summed E-state index contributed by atoms with van der Waals surface area (Å²) < 4.78 is 20.4. The maximum Gasteiger partial charge on any atom is 0.311 e. The van der Waals surface area contributed by atoms with Crippen LogP contribution < -0.4 is 4.74 Å². The number of ether oxygens (including phenoxy) is 1. The second kappa shape index (κ2) is 16.4. The number of esters is 1. The summed E-state index contributed by atoms with van der Waals surface area (Å²) in [4.78, 5) is 29.0. The van der Waals surface area contributed by atoms with Gasteiger partial charge < -0.3 is 4.74 Å². The van der Waals surface area contributed by atoms with Crippen LogP contribution in [-0.2, 0) is 22.6 Å². The molecule has 4 rings (SSSR count). The molecule has 4 nitrogen and oxygen atoms in total. The predicted octanol–water partition coefficient (Wildman–Crippen LogP) is 9.35. The number of unbranched alkanes of at least 4 members (excludes halogenated alkanes) is 12. The highest BCUT2D eigenvalue weighted by Gasteiger charge is 2.40. The first-order chi connectivity index (χ1) is 19.6. The summed E-state index contributed by atoms with van der Waals surface area (Å²) in [7, 11) is 0. The molecule has 1 aromatic heterocycles. The lowest BCUT2D eigenvalue weighted by Gasteiger charge is -2.34. The van der Waals surface area contributed by atoms with Gasteiger partial charge in [0.2, 0.25) is 0 Å². The van der Waals surface area contributed by atoms with Crippen LogP contribution in [0.1, 0.15) is 132 Å². The quantitative estimate of drug-likeness (QED) is 0.125. The van der Waals surface area contributed by atoms with Crippen molar-refractivity contribution in [3.8, 4) is 5.06 Å². The van der Waals surface area contributed by atoms with Crippen molar-refractivity contribution in [2.45, 2.75) is 129 Å². The smallest absolute Gasteiger partial charge is 0.311 e. The third-order valence-corrected chi connectivity index (χ3v) is 9.50. The van der Waals surface area contributed by atoms with Crippen molar-refractivity contribution in [1.82, 2.24) is 4.90 Å². The second-order valence-electron chi connectivity index (χ2n) is 11.8. The number of halogens is 1. The monoisotopic (exact) mass is 569 g/mol. The van der Waals surface area contributed by atoms with E-state index in [0.717, 1.165) is 37.7 Å². The van der Waals surface area contributed by atoms with Crippen molar-refractivity contribution in [2.75, 3.05) is 6.54 Å². The molecule has 1 unspecified atom stereocenters. The Bertz CT molecular complexity index is 1080. The van der Waals surface area contributed by atoms with E-state index in [0.29, 0.717) is 30.1 Å². The number of carbonyl (C=O) groups is 2. The van der Waals surface area contributed by atoms with Crippen LogP contribution in [0.2, 0.25) is 0 Å². The Kier molecular flexibility index (Phi) is 12.7. The van der Waals surface area contributed by atoms with Crippen LogP contribution in [0, 0.1) is 11.7 Å². The fourth-order valence-electron chi connectivity index (χ4n) is 5.87. The molecule has 0 spiro atoms. The number of nitrogens with zero attached hydrogens (tertiary/aromatic N) is 1. The number of fused-ring (bicyclic) bond motifs is 1. The van der Waals surface area contributed by atoms with Gasteiger partial charge in [0.15, 0.2) is 10.8 Å². The Labute approximate surface area is 244 Å². The van der Waals surface area contributed by atoms with E-state index >= 15 is 0 Å². The normalized spacial score (nSPS) is 16.1. The summed E-state index contributed by atoms with van der Waals surface area (Å²) in [5.41, 5.74) is 1.56. The van der Waals surface area contributed by atoms with Crippen molar-refractivity contribution < 1.29 is 18.7 Å². The Morgan fingerprint density at radius 1 is 0.950 bits per heavy atom. The zero-order chi connectivity index (χ0) is 28.2. The Balaban J connectivity index is 1.15. The van der Waals surface area contributed by atoms with Gasteiger partial charge in [0.25, 0.3) is 0 Å². The molecule has 0 saturated heterocycles. The summed E-state index contributed by atoms with van der Waals surface area (Å²) in [6, 6.07) is 8.06. The highest BCUT2D eigenvalue weighted by molar-refractivity contribution is 7.14. The molecule has 0 N–H and O–H groups in total. The van der Waals surface area contributed by atoms with Crippen LogP contribution in [0.25, 0.3) is 0 Å². The van der Waals surface area contributed by atoms with E-state index in [-0.39, 0.29) is 23.5 Å². The van der Waals surface area contributed by atoms with Crippen molar-refractivity contribution in [3.63, 3.8) is 0 Å². The fraction of sp³-hybridized carbons (Fsp3) is 0.647. The Morgan fingerprint density at radius 2 is 1.57 bits per heavy atom. The summed E-state index contributed by atoms with van der Waals surface area (Å²) in [6.07, 6.45) is 19.7. The molecule has 0 amide bonds. The molecule has 1 aliphatic heterocycles. The van der Waals surface area contributed by atoms with Gasteiger partial charge in [-0.25, -0.2) is 4.39 Å². The molecule has 1 fully saturated rings. The minimum Gasteiger partial charge on any atom is -0.415 e. The lowest BCUT2D eigenvalue weighted by molar-refractivity contribution is -0.134. The number of carbonyl (C=O) groups excluding carboxylic acids is 2. The van der Waals surface area contributed by atoms with Crippen molar-refractivity contribution in [3.05, 3.63) is 52.2 Å². The topological polar surface area (TPSA) is 46.6 Å². The van der Waals surface area contributed by atoms with Gasteiger partial charge in [0, 0.05) is 35.9 Å². The zero-order valence-electron chi connectivity index (χ0n) is 24.4. The molecule has 220 valence electrons. The summed E-state index contributed by atoms with van der Waals surface area (Å²) in [5.74, 6) is -0.296. The summed E-state index contributed by atoms with van der Waals surface area (Å²) in [5, 5.41) is 0.641. The van der Waals surface area contributed by atoms with E-state index in [4.69, 9.17) is 4.74 Å². The van der Waals surface area contributed by atoms with E-state index in [1.54, 1.807) is 18.2 Å². The molecule has 6 heteroatoms. The van der Waals surface area contributed by atoms with Crippen LogP contribution >= 0.6 is 11.3 Å². The first-order valence-corrected chi connectivity index (χ1v) is 16.7. The van der Waals surface area contributed by atoms with Crippen LogP contribution in [0.5, 0.6) is 5.06 Å². The highest BCUT2D eigenvalue weighted by Crippen LogP contribution is 2.41. The van der Waals surface area contributed by atoms with Gasteiger partial charge in [-0.3, -0.25) is 14.5 Å². The van der Waals surface area contributed by atoms with Gasteiger partial charge in [-0.05, 0) is 43.4 Å². The van der Waals surface area contributed by atoms with E-state index in [1.165, 1.54) is 92.9 Å². The van der Waals surface area contributed by atoms with Crippen LogP contribution in [0.3, 0.4) is 0 Å². The van der Waals surface area contributed by atoms with Gasteiger partial charge in [0.1, 0.15) is 5.82 Å². The molecule has 2 aliphatic rings. The number of rotatable bonds is 19. The van der Waals surface area contributed by atoms with E-state index in [2.05, 4.69) is 11.8 Å². The maximum absolute atomic E-state index is 14.7. The molecule has 40 heavy (non-hydrogen) atoms. The lowest BCUT2D eigenvalue weighted by Crippen LogP contribution is -2.38. The van der Waals surface area contributed by atoms with Crippen molar-refractivity contribution in [1.29, 1.82) is 0 Å². The average Bonchev–Trinajstić information content (AvgIpc) is 3.72. The minimum absolute atomic E-state index is 0.0510. The average molecular weight is 570 g/mol. The van der Waals surface area contributed by atoms with E-state index in [1.807, 2.05) is 6.07 Å². The van der Waals surface area contributed by atoms with Gasteiger partial charge in [-0.2, -0.15) is 0 Å². The second-order valence-corrected chi connectivity index (χ2v) is 12.9. The molecular formula is C34H48FNO3S. The molecule has 1 atom stereocenters. The summed E-state index contributed by atoms with van der Waals surface area (Å²) in [6.45, 7) is 3.53. The molecule has 1 aromatic carbocycles. The third kappa shape index (κ3) is 9.51. The van der Waals surface area contributed by atoms with Crippen molar-refractivity contribution in [2.24, 2.45) is 5.92 Å². The Hall–Kier alpha value is -2.05. The summed E-state index contributed by atoms with van der Waals surface area (Å²) >= 11 is 1.54. The van der Waals surface area contributed by atoms with Gasteiger partial charge in [-0.1, -0.05) is 102 Å².